The van der Waals surface area contributed by atoms with Gasteiger partial charge < -0.3 is 10.1 Å². The molecule has 0 spiro atoms. The zero-order valence-corrected chi connectivity index (χ0v) is 14.6. The lowest BCUT2D eigenvalue weighted by Gasteiger charge is -2.21. The first-order chi connectivity index (χ1) is 10.7. The van der Waals surface area contributed by atoms with Gasteiger partial charge in [0.1, 0.15) is 5.75 Å². The molecule has 1 aromatic carbocycles. The molecule has 1 fully saturated rings. The van der Waals surface area contributed by atoms with E-state index in [1.807, 2.05) is 6.92 Å². The molecule has 0 aromatic heterocycles. The van der Waals surface area contributed by atoms with Crippen LogP contribution in [0.5, 0.6) is 5.75 Å². The van der Waals surface area contributed by atoms with Crippen LogP contribution in [0.25, 0.3) is 0 Å². The lowest BCUT2D eigenvalue weighted by Crippen LogP contribution is -2.29. The van der Waals surface area contributed by atoms with E-state index in [4.69, 9.17) is 4.74 Å². The standard InChI is InChI=1S/C17H26N2O3.ClH/c1-2-22-17-11-10-16(19(20)21)12-14(17)13-18-15-8-6-4-3-5-7-9-15;/h10-12,15,18H,2-9,13H2,1H3;1H. The molecule has 1 saturated carbocycles. The van der Waals surface area contributed by atoms with Gasteiger partial charge in [-0.3, -0.25) is 10.1 Å². The van der Waals surface area contributed by atoms with Crippen molar-refractivity contribution in [3.63, 3.8) is 0 Å². The summed E-state index contributed by atoms with van der Waals surface area (Å²) in [6.07, 6.45) is 8.91. The fourth-order valence-corrected chi connectivity index (χ4v) is 3.03. The fourth-order valence-electron chi connectivity index (χ4n) is 3.03. The Morgan fingerprint density at radius 1 is 1.22 bits per heavy atom. The number of rotatable bonds is 6. The topological polar surface area (TPSA) is 64.4 Å². The zero-order chi connectivity index (χ0) is 15.8. The molecule has 0 atom stereocenters. The highest BCUT2D eigenvalue weighted by Gasteiger charge is 2.15. The Hall–Kier alpha value is -1.33. The van der Waals surface area contributed by atoms with Crippen LogP contribution in [0.4, 0.5) is 5.69 Å². The summed E-state index contributed by atoms with van der Waals surface area (Å²) in [6, 6.07) is 5.34. The maximum atomic E-state index is 11.0. The third-order valence-corrected chi connectivity index (χ3v) is 4.24. The summed E-state index contributed by atoms with van der Waals surface area (Å²) in [5.41, 5.74) is 0.996. The van der Waals surface area contributed by atoms with Crippen LogP contribution in [0.2, 0.25) is 0 Å². The maximum Gasteiger partial charge on any atom is 0.270 e. The summed E-state index contributed by atoms with van der Waals surface area (Å²) in [4.78, 5) is 10.6. The van der Waals surface area contributed by atoms with Crippen molar-refractivity contribution < 1.29 is 9.66 Å². The average Bonchev–Trinajstić information content (AvgIpc) is 2.47. The van der Waals surface area contributed by atoms with Crippen LogP contribution >= 0.6 is 12.4 Å². The highest BCUT2D eigenvalue weighted by molar-refractivity contribution is 5.85. The normalized spacial score (nSPS) is 16.0. The summed E-state index contributed by atoms with van der Waals surface area (Å²) in [6.45, 7) is 3.11. The van der Waals surface area contributed by atoms with Crippen molar-refractivity contribution in [3.05, 3.63) is 33.9 Å². The molecule has 0 unspecified atom stereocenters. The molecule has 0 heterocycles. The Kier molecular flexibility index (Phi) is 8.95. The maximum absolute atomic E-state index is 11.0. The van der Waals surface area contributed by atoms with Gasteiger partial charge >= 0.3 is 0 Å². The Balaban J connectivity index is 0.00000264. The van der Waals surface area contributed by atoms with Crippen LogP contribution in [0.1, 0.15) is 57.4 Å². The van der Waals surface area contributed by atoms with E-state index in [0.717, 1.165) is 11.3 Å². The molecule has 130 valence electrons. The molecule has 0 radical (unpaired) electrons. The summed E-state index contributed by atoms with van der Waals surface area (Å²) < 4.78 is 5.59. The van der Waals surface area contributed by atoms with E-state index in [0.29, 0.717) is 19.2 Å². The second kappa shape index (κ2) is 10.4. The summed E-state index contributed by atoms with van der Waals surface area (Å²) in [7, 11) is 0. The molecule has 0 amide bonds. The van der Waals surface area contributed by atoms with E-state index in [1.54, 1.807) is 12.1 Å². The van der Waals surface area contributed by atoms with Crippen molar-refractivity contribution in [2.75, 3.05) is 6.61 Å². The van der Waals surface area contributed by atoms with Crippen LogP contribution in [0.3, 0.4) is 0 Å². The molecule has 1 N–H and O–H groups in total. The molecule has 5 nitrogen and oxygen atoms in total. The van der Waals surface area contributed by atoms with Gasteiger partial charge in [-0.25, -0.2) is 0 Å². The number of nitro benzene ring substituents is 1. The number of nitrogens with one attached hydrogen (secondary N) is 1. The molecule has 0 aliphatic heterocycles. The average molecular weight is 343 g/mol. The predicted molar refractivity (Wildman–Crippen MR) is 94.5 cm³/mol. The molecule has 1 aromatic rings. The third kappa shape index (κ3) is 6.36. The minimum absolute atomic E-state index is 0. The Morgan fingerprint density at radius 2 is 1.87 bits per heavy atom. The van der Waals surface area contributed by atoms with E-state index >= 15 is 0 Å². The van der Waals surface area contributed by atoms with E-state index in [2.05, 4.69) is 5.32 Å². The van der Waals surface area contributed by atoms with Crippen LogP contribution < -0.4 is 10.1 Å². The van der Waals surface area contributed by atoms with Gasteiger partial charge in [0.15, 0.2) is 0 Å². The van der Waals surface area contributed by atoms with Gasteiger partial charge in [0.2, 0.25) is 0 Å². The number of benzene rings is 1. The molecule has 0 saturated heterocycles. The molecule has 2 rings (SSSR count). The van der Waals surface area contributed by atoms with E-state index in [9.17, 15) is 10.1 Å². The number of nitro groups is 1. The van der Waals surface area contributed by atoms with Crippen LogP contribution in [-0.2, 0) is 6.54 Å². The molecule has 6 heteroatoms. The number of ether oxygens (including phenoxy) is 1. The van der Waals surface area contributed by atoms with Gasteiger partial charge in [-0.15, -0.1) is 12.4 Å². The second-order valence-corrected chi connectivity index (χ2v) is 5.91. The van der Waals surface area contributed by atoms with E-state index in [-0.39, 0.29) is 23.0 Å². The largest absolute Gasteiger partial charge is 0.494 e. The number of hydrogen-bond donors (Lipinski definition) is 1. The predicted octanol–water partition coefficient (Wildman–Crippen LogP) is 4.62. The Labute approximate surface area is 144 Å². The summed E-state index contributed by atoms with van der Waals surface area (Å²) in [5.74, 6) is 0.742. The monoisotopic (exact) mass is 342 g/mol. The van der Waals surface area contributed by atoms with Crippen molar-refractivity contribution in [1.82, 2.24) is 5.32 Å². The molecule has 23 heavy (non-hydrogen) atoms. The van der Waals surface area contributed by atoms with Crippen molar-refractivity contribution in [1.29, 1.82) is 0 Å². The lowest BCUT2D eigenvalue weighted by molar-refractivity contribution is -0.384. The number of non-ortho nitro benzene ring substituents is 1. The second-order valence-electron chi connectivity index (χ2n) is 5.91. The highest BCUT2D eigenvalue weighted by Crippen LogP contribution is 2.25. The number of halogens is 1. The van der Waals surface area contributed by atoms with Gasteiger partial charge in [0, 0.05) is 30.3 Å². The minimum atomic E-state index is -0.352. The Bertz CT molecular complexity index is 489. The summed E-state index contributed by atoms with van der Waals surface area (Å²) in [5, 5.41) is 14.5. The first-order valence-corrected chi connectivity index (χ1v) is 8.34. The molecule has 1 aliphatic carbocycles. The lowest BCUT2D eigenvalue weighted by atomic mass is 9.96. The fraction of sp³-hybridized carbons (Fsp3) is 0.647. The first kappa shape index (κ1) is 19.7. The van der Waals surface area contributed by atoms with Gasteiger partial charge in [-0.2, -0.15) is 0 Å². The third-order valence-electron chi connectivity index (χ3n) is 4.24. The Morgan fingerprint density at radius 3 is 2.48 bits per heavy atom. The van der Waals surface area contributed by atoms with Crippen molar-refractivity contribution in [2.24, 2.45) is 0 Å². The van der Waals surface area contributed by atoms with Crippen LogP contribution in [-0.4, -0.2) is 17.6 Å². The van der Waals surface area contributed by atoms with Gasteiger partial charge in [-0.05, 0) is 25.8 Å². The van der Waals surface area contributed by atoms with Gasteiger partial charge in [-0.1, -0.05) is 32.1 Å². The van der Waals surface area contributed by atoms with Gasteiger partial charge in [0.25, 0.3) is 5.69 Å². The van der Waals surface area contributed by atoms with E-state index in [1.165, 1.54) is 51.0 Å². The van der Waals surface area contributed by atoms with Crippen molar-refractivity contribution in [3.8, 4) is 5.75 Å². The molecule has 1 aliphatic rings. The molecule has 0 bridgehead atoms. The van der Waals surface area contributed by atoms with Crippen LogP contribution in [0.15, 0.2) is 18.2 Å². The van der Waals surface area contributed by atoms with E-state index < -0.39 is 0 Å². The number of nitrogens with zero attached hydrogens (tertiary/aromatic N) is 1. The van der Waals surface area contributed by atoms with Crippen LogP contribution in [0, 0.1) is 10.1 Å². The quantitative estimate of drug-likeness (QED) is 0.605. The zero-order valence-electron chi connectivity index (χ0n) is 13.8. The molecular formula is C17H27ClN2O3. The van der Waals surface area contributed by atoms with Crippen molar-refractivity contribution in [2.45, 2.75) is 64.5 Å². The molecular weight excluding hydrogens is 316 g/mol. The van der Waals surface area contributed by atoms with Crippen molar-refractivity contribution >= 4 is 18.1 Å². The summed E-state index contributed by atoms with van der Waals surface area (Å²) >= 11 is 0. The number of hydrogen-bond acceptors (Lipinski definition) is 4. The highest BCUT2D eigenvalue weighted by atomic mass is 35.5. The first-order valence-electron chi connectivity index (χ1n) is 8.34. The van der Waals surface area contributed by atoms with Gasteiger partial charge in [0.05, 0.1) is 11.5 Å². The smallest absolute Gasteiger partial charge is 0.270 e. The minimum Gasteiger partial charge on any atom is -0.494 e. The SMILES string of the molecule is CCOc1ccc([N+](=O)[O-])cc1CNC1CCCCCCC1.Cl.